The smallest absolute Gasteiger partial charge is 0.387 e. The summed E-state index contributed by atoms with van der Waals surface area (Å²) < 4.78 is 29.4. The van der Waals surface area contributed by atoms with Crippen LogP contribution in [0.15, 0.2) is 35.3 Å². The van der Waals surface area contributed by atoms with Crippen molar-refractivity contribution in [2.24, 2.45) is 4.99 Å². The fourth-order valence-electron chi connectivity index (χ4n) is 1.90. The molecular weight excluding hydrogens is 415 g/mol. The number of alkyl halides is 2. The number of benzene rings is 1. The maximum atomic E-state index is 12.4. The average Bonchev–Trinajstić information content (AvgIpc) is 2.48. The van der Waals surface area contributed by atoms with Crippen LogP contribution < -0.4 is 15.4 Å². The van der Waals surface area contributed by atoms with Gasteiger partial charge in [0.05, 0.1) is 0 Å². The van der Waals surface area contributed by atoms with E-state index < -0.39 is 6.61 Å². The van der Waals surface area contributed by atoms with E-state index in [0.29, 0.717) is 18.1 Å². The SMILES string of the molecule is C/C=C/CCNC(=NC)NCc1cc(C)ccc1OC(F)F.I. The number of nitrogens with one attached hydrogen (secondary N) is 2. The van der Waals surface area contributed by atoms with Crippen LogP contribution in [-0.2, 0) is 6.54 Å². The van der Waals surface area contributed by atoms with E-state index in [-0.39, 0.29) is 29.7 Å². The van der Waals surface area contributed by atoms with Gasteiger partial charge in [-0.05, 0) is 26.3 Å². The molecule has 0 radical (unpaired) electrons. The third-order valence-corrected chi connectivity index (χ3v) is 2.94. The molecule has 1 aromatic carbocycles. The lowest BCUT2D eigenvalue weighted by atomic mass is 10.1. The van der Waals surface area contributed by atoms with Gasteiger partial charge in [0.1, 0.15) is 5.75 Å². The molecule has 0 saturated carbocycles. The van der Waals surface area contributed by atoms with E-state index in [1.807, 2.05) is 26.0 Å². The summed E-state index contributed by atoms with van der Waals surface area (Å²) in [6.07, 6.45) is 4.93. The summed E-state index contributed by atoms with van der Waals surface area (Å²) in [7, 11) is 1.66. The molecule has 4 nitrogen and oxygen atoms in total. The summed E-state index contributed by atoms with van der Waals surface area (Å²) in [6.45, 7) is 2.14. The molecule has 0 atom stereocenters. The lowest BCUT2D eigenvalue weighted by Gasteiger charge is -2.15. The van der Waals surface area contributed by atoms with Crippen molar-refractivity contribution < 1.29 is 13.5 Å². The number of halogens is 3. The number of hydrogen-bond donors (Lipinski definition) is 2. The highest BCUT2D eigenvalue weighted by Gasteiger charge is 2.10. The molecule has 0 heterocycles. The Labute approximate surface area is 153 Å². The molecular formula is C16H24F2IN3O. The number of ether oxygens (including phenoxy) is 1. The molecule has 0 aromatic heterocycles. The summed E-state index contributed by atoms with van der Waals surface area (Å²) in [4.78, 5) is 4.10. The Kier molecular flexibility index (Phi) is 11.4. The van der Waals surface area contributed by atoms with Gasteiger partial charge in [-0.3, -0.25) is 4.99 Å². The number of hydrogen-bond acceptors (Lipinski definition) is 2. The highest BCUT2D eigenvalue weighted by molar-refractivity contribution is 14.0. The van der Waals surface area contributed by atoms with Crippen molar-refractivity contribution in [1.82, 2.24) is 10.6 Å². The van der Waals surface area contributed by atoms with Crippen molar-refractivity contribution in [2.75, 3.05) is 13.6 Å². The number of allylic oxidation sites excluding steroid dienone is 1. The van der Waals surface area contributed by atoms with Gasteiger partial charge in [0.15, 0.2) is 5.96 Å². The maximum absolute atomic E-state index is 12.4. The second-order valence-electron chi connectivity index (χ2n) is 4.70. The number of guanidine groups is 1. The minimum atomic E-state index is -2.83. The van der Waals surface area contributed by atoms with Crippen LogP contribution in [0, 0.1) is 6.92 Å². The van der Waals surface area contributed by atoms with E-state index in [2.05, 4.69) is 26.4 Å². The maximum Gasteiger partial charge on any atom is 0.387 e. The first-order chi connectivity index (χ1) is 10.6. The lowest BCUT2D eigenvalue weighted by Crippen LogP contribution is -2.37. The van der Waals surface area contributed by atoms with E-state index in [4.69, 9.17) is 0 Å². The second kappa shape index (κ2) is 12.1. The van der Waals surface area contributed by atoms with E-state index in [0.717, 1.165) is 18.5 Å². The third kappa shape index (κ3) is 8.73. The monoisotopic (exact) mass is 439 g/mol. The van der Waals surface area contributed by atoms with Crippen molar-refractivity contribution in [1.29, 1.82) is 0 Å². The van der Waals surface area contributed by atoms with Crippen molar-refractivity contribution in [3.8, 4) is 5.75 Å². The molecule has 0 aliphatic heterocycles. The predicted octanol–water partition coefficient (Wildman–Crippen LogP) is 3.85. The summed E-state index contributed by atoms with van der Waals surface area (Å²) in [5, 5.41) is 6.24. The molecule has 7 heteroatoms. The molecule has 0 amide bonds. The first kappa shape index (κ1) is 21.6. The molecule has 130 valence electrons. The summed E-state index contributed by atoms with van der Waals surface area (Å²) >= 11 is 0. The first-order valence-corrected chi connectivity index (χ1v) is 7.16. The zero-order valence-electron chi connectivity index (χ0n) is 13.6. The van der Waals surface area contributed by atoms with Gasteiger partial charge in [0.25, 0.3) is 0 Å². The van der Waals surface area contributed by atoms with Gasteiger partial charge < -0.3 is 15.4 Å². The standard InChI is InChI=1S/C16H23F2N3O.HI/c1-4-5-6-9-20-16(19-3)21-11-13-10-12(2)7-8-14(13)22-15(17)18;/h4-5,7-8,10,15H,6,9,11H2,1-3H3,(H2,19,20,21);1H/b5-4+;. The molecule has 0 unspecified atom stereocenters. The minimum absolute atomic E-state index is 0. The number of aryl methyl sites for hydroxylation is 1. The van der Waals surface area contributed by atoms with Gasteiger partial charge in [0, 0.05) is 25.7 Å². The van der Waals surface area contributed by atoms with Gasteiger partial charge in [-0.1, -0.05) is 29.8 Å². The first-order valence-electron chi connectivity index (χ1n) is 7.16. The quantitative estimate of drug-likeness (QED) is 0.223. The van der Waals surface area contributed by atoms with E-state index >= 15 is 0 Å². The molecule has 0 aliphatic carbocycles. The number of nitrogens with zero attached hydrogens (tertiary/aromatic N) is 1. The van der Waals surface area contributed by atoms with Crippen LogP contribution in [-0.4, -0.2) is 26.2 Å². The highest BCUT2D eigenvalue weighted by Crippen LogP contribution is 2.21. The van der Waals surface area contributed by atoms with Crippen LogP contribution in [0.1, 0.15) is 24.5 Å². The number of rotatable bonds is 7. The molecule has 0 spiro atoms. The van der Waals surface area contributed by atoms with Crippen LogP contribution in [0.2, 0.25) is 0 Å². The van der Waals surface area contributed by atoms with Gasteiger partial charge in [-0.25, -0.2) is 0 Å². The Morgan fingerprint density at radius 2 is 2.09 bits per heavy atom. The molecule has 23 heavy (non-hydrogen) atoms. The van der Waals surface area contributed by atoms with E-state index in [1.165, 1.54) is 0 Å². The zero-order chi connectivity index (χ0) is 16.4. The topological polar surface area (TPSA) is 45.7 Å². The van der Waals surface area contributed by atoms with Crippen molar-refractivity contribution in [3.63, 3.8) is 0 Å². The molecule has 0 saturated heterocycles. The Morgan fingerprint density at radius 1 is 1.35 bits per heavy atom. The van der Waals surface area contributed by atoms with Gasteiger partial charge in [0.2, 0.25) is 0 Å². The van der Waals surface area contributed by atoms with Crippen LogP contribution in [0.25, 0.3) is 0 Å². The largest absolute Gasteiger partial charge is 0.434 e. The second-order valence-corrected chi connectivity index (χ2v) is 4.70. The Bertz CT molecular complexity index is 522. The zero-order valence-corrected chi connectivity index (χ0v) is 15.9. The number of aliphatic imine (C=N–C) groups is 1. The molecule has 1 aromatic rings. The predicted molar refractivity (Wildman–Crippen MR) is 101 cm³/mol. The van der Waals surface area contributed by atoms with E-state index in [9.17, 15) is 8.78 Å². The molecule has 0 aliphatic rings. The Hall–Kier alpha value is -1.38. The fourth-order valence-corrected chi connectivity index (χ4v) is 1.90. The lowest BCUT2D eigenvalue weighted by molar-refractivity contribution is -0.0504. The summed E-state index contributed by atoms with van der Waals surface area (Å²) in [5.74, 6) is 0.798. The Morgan fingerprint density at radius 3 is 2.70 bits per heavy atom. The molecule has 1 rings (SSSR count). The Balaban J connectivity index is 0.00000484. The van der Waals surface area contributed by atoms with Crippen molar-refractivity contribution >= 4 is 29.9 Å². The van der Waals surface area contributed by atoms with Gasteiger partial charge in [-0.2, -0.15) is 8.78 Å². The van der Waals surface area contributed by atoms with Crippen molar-refractivity contribution in [2.45, 2.75) is 33.4 Å². The van der Waals surface area contributed by atoms with Crippen LogP contribution in [0.5, 0.6) is 5.75 Å². The van der Waals surface area contributed by atoms with Crippen LogP contribution in [0.4, 0.5) is 8.78 Å². The fraction of sp³-hybridized carbons (Fsp3) is 0.438. The van der Waals surface area contributed by atoms with Crippen molar-refractivity contribution in [3.05, 3.63) is 41.5 Å². The van der Waals surface area contributed by atoms with Gasteiger partial charge >= 0.3 is 6.61 Å². The minimum Gasteiger partial charge on any atom is -0.434 e. The van der Waals surface area contributed by atoms with E-state index in [1.54, 1.807) is 19.2 Å². The normalized spacial score (nSPS) is 11.5. The highest BCUT2D eigenvalue weighted by atomic mass is 127. The summed E-state index contributed by atoms with van der Waals surface area (Å²) in [6, 6.07) is 5.12. The van der Waals surface area contributed by atoms with Gasteiger partial charge in [-0.15, -0.1) is 24.0 Å². The molecule has 0 fully saturated rings. The average molecular weight is 439 g/mol. The molecule has 2 N–H and O–H groups in total. The summed E-state index contributed by atoms with van der Waals surface area (Å²) in [5.41, 5.74) is 1.64. The van der Waals surface area contributed by atoms with Crippen LogP contribution in [0.3, 0.4) is 0 Å². The third-order valence-electron chi connectivity index (χ3n) is 2.94. The molecule has 0 bridgehead atoms. The van der Waals surface area contributed by atoms with Crippen LogP contribution >= 0.6 is 24.0 Å².